The molecule has 3 aliphatic heterocycles. The molecule has 28 heavy (non-hydrogen) atoms. The molecule has 0 aromatic heterocycles. The predicted molar refractivity (Wildman–Crippen MR) is 117 cm³/mol. The first-order chi connectivity index (χ1) is 13.6. The fraction of sp³-hybridized carbons (Fsp3) is 0.917. The number of hydrogen-bond acceptors (Lipinski definition) is 3. The molecule has 4 aliphatic rings. The zero-order valence-corrected chi connectivity index (χ0v) is 21.5. The van der Waals surface area contributed by atoms with Gasteiger partial charge in [-0.3, -0.25) is 0 Å². The van der Waals surface area contributed by atoms with Gasteiger partial charge in [-0.25, -0.2) is 0 Å². The summed E-state index contributed by atoms with van der Waals surface area (Å²) in [6.45, 7) is 11.2. The van der Waals surface area contributed by atoms with Crippen LogP contribution in [0, 0.1) is 17.8 Å². The average molecular weight is 497 g/mol. The summed E-state index contributed by atoms with van der Waals surface area (Å²) in [5.74, 6) is 1.74. The molecule has 0 bridgehead atoms. The van der Waals surface area contributed by atoms with Crippen molar-refractivity contribution in [3.05, 3.63) is 12.2 Å². The molecule has 0 saturated carbocycles. The first-order valence-electron chi connectivity index (χ1n) is 12.2. The van der Waals surface area contributed by atoms with Gasteiger partial charge in [-0.2, -0.15) is 0 Å². The van der Waals surface area contributed by atoms with Gasteiger partial charge in [0.2, 0.25) is 0 Å². The van der Waals surface area contributed by atoms with Crippen molar-refractivity contribution >= 4 is 18.4 Å². The van der Waals surface area contributed by atoms with E-state index in [9.17, 15) is 0 Å². The zero-order chi connectivity index (χ0) is 19.8. The van der Waals surface area contributed by atoms with Crippen LogP contribution in [0.4, 0.5) is 0 Å². The normalized spacial score (nSPS) is 41.4. The third kappa shape index (κ3) is 3.35. The Hall–Kier alpha value is 0.419. The molecule has 0 spiro atoms. The van der Waals surface area contributed by atoms with Crippen molar-refractivity contribution in [3.8, 4) is 0 Å². The number of ether oxygens (including phenoxy) is 3. The molecule has 3 heterocycles. The standard InChI is InChI=1S/C12H15O3.3C4H9.Sn/c1-6-11-9-7(4-13-11)2-3-8-5-14-12(15-6)10(8)9;3*1-3-4-2;/h2-3,6,8-12H,4-5H2,1H3;3*1,3-4H2,2H3;/t6-,8+,9+,10-,11-,12+;;;;/m0..../s1. The fourth-order valence-electron chi connectivity index (χ4n) is 7.14. The van der Waals surface area contributed by atoms with Gasteiger partial charge in [0, 0.05) is 0 Å². The van der Waals surface area contributed by atoms with Crippen molar-refractivity contribution in [3.63, 3.8) is 0 Å². The van der Waals surface area contributed by atoms with Crippen LogP contribution in [0.15, 0.2) is 12.2 Å². The van der Waals surface area contributed by atoms with Gasteiger partial charge >= 0.3 is 177 Å². The molecule has 0 aromatic carbocycles. The molecule has 3 saturated heterocycles. The van der Waals surface area contributed by atoms with Crippen molar-refractivity contribution in [2.45, 2.75) is 101 Å². The first-order valence-corrected chi connectivity index (χ1v) is 19.7. The van der Waals surface area contributed by atoms with E-state index in [1.54, 1.807) is 13.3 Å². The Labute approximate surface area is 176 Å². The van der Waals surface area contributed by atoms with Gasteiger partial charge in [-0.15, -0.1) is 0 Å². The van der Waals surface area contributed by atoms with Crippen molar-refractivity contribution in [1.82, 2.24) is 0 Å². The Morgan fingerprint density at radius 3 is 2.21 bits per heavy atom. The number of hydrogen-bond donors (Lipinski definition) is 0. The quantitative estimate of drug-likeness (QED) is 0.267. The third-order valence-electron chi connectivity index (χ3n) is 8.61. The van der Waals surface area contributed by atoms with E-state index in [2.05, 4.69) is 39.8 Å². The van der Waals surface area contributed by atoms with Crippen LogP contribution in [0.5, 0.6) is 0 Å². The van der Waals surface area contributed by atoms with Gasteiger partial charge in [0.25, 0.3) is 0 Å². The Balaban J connectivity index is 1.77. The van der Waals surface area contributed by atoms with Gasteiger partial charge in [-0.1, -0.05) is 0 Å². The van der Waals surface area contributed by atoms with Crippen LogP contribution < -0.4 is 0 Å². The van der Waals surface area contributed by atoms with Crippen LogP contribution in [0.2, 0.25) is 16.7 Å². The van der Waals surface area contributed by atoms with Crippen LogP contribution >= 0.6 is 0 Å². The SMILES string of the molecule is CCC[CH2][Sn]([CH2]CCC)([CH2]CCC)[C@]12C=C[C@@H]3CO[C@@H]4O[C@@H](C)[C@H](OC1)[C@H]2[C@@H]43. The number of rotatable bonds is 10. The molecule has 0 N–H and O–H groups in total. The summed E-state index contributed by atoms with van der Waals surface area (Å²) in [5.41, 5.74) is 0. The Morgan fingerprint density at radius 1 is 0.964 bits per heavy atom. The van der Waals surface area contributed by atoms with Crippen molar-refractivity contribution in [2.24, 2.45) is 17.8 Å². The van der Waals surface area contributed by atoms with Crippen molar-refractivity contribution in [2.75, 3.05) is 13.2 Å². The van der Waals surface area contributed by atoms with Gasteiger partial charge < -0.3 is 0 Å². The Bertz CT molecular complexity index is 542. The summed E-state index contributed by atoms with van der Waals surface area (Å²) < 4.78 is 24.2. The second kappa shape index (κ2) is 8.88. The van der Waals surface area contributed by atoms with Crippen molar-refractivity contribution in [1.29, 1.82) is 0 Å². The van der Waals surface area contributed by atoms with E-state index in [1.807, 2.05) is 0 Å². The molecule has 7 atom stereocenters. The summed E-state index contributed by atoms with van der Waals surface area (Å²) in [5, 5.41) is 0. The third-order valence-corrected chi connectivity index (χ3v) is 27.3. The summed E-state index contributed by atoms with van der Waals surface area (Å²) >= 11 is -2.54. The summed E-state index contributed by atoms with van der Waals surface area (Å²) in [6.07, 6.45) is 14.1. The molecule has 0 aromatic rings. The van der Waals surface area contributed by atoms with Crippen LogP contribution in [-0.4, -0.2) is 50.1 Å². The second-order valence-corrected chi connectivity index (χ2v) is 24.3. The molecule has 160 valence electrons. The van der Waals surface area contributed by atoms with Crippen LogP contribution in [0.25, 0.3) is 0 Å². The molecular formula is C24H42O3Sn. The van der Waals surface area contributed by atoms with E-state index in [-0.39, 0.29) is 18.5 Å². The topological polar surface area (TPSA) is 27.7 Å². The molecule has 4 heteroatoms. The maximum absolute atomic E-state index is 6.68. The average Bonchev–Trinajstić information content (AvgIpc) is 3.30. The molecular weight excluding hydrogens is 455 g/mol. The Morgan fingerprint density at radius 2 is 1.61 bits per heavy atom. The Kier molecular flexibility index (Phi) is 6.87. The van der Waals surface area contributed by atoms with E-state index in [4.69, 9.17) is 14.2 Å². The first kappa shape index (κ1) is 21.6. The molecule has 0 amide bonds. The van der Waals surface area contributed by atoms with E-state index in [0.29, 0.717) is 21.2 Å². The van der Waals surface area contributed by atoms with E-state index < -0.39 is 18.4 Å². The zero-order valence-electron chi connectivity index (χ0n) is 18.6. The molecule has 3 fully saturated rings. The van der Waals surface area contributed by atoms with Crippen LogP contribution in [0.3, 0.4) is 0 Å². The maximum atomic E-state index is 6.68. The van der Waals surface area contributed by atoms with E-state index in [0.717, 1.165) is 13.2 Å². The summed E-state index contributed by atoms with van der Waals surface area (Å²) in [4.78, 5) is 0. The molecule has 0 unspecified atom stereocenters. The minimum absolute atomic E-state index is 0.0137. The summed E-state index contributed by atoms with van der Waals surface area (Å²) in [7, 11) is 0. The van der Waals surface area contributed by atoms with Crippen LogP contribution in [0.1, 0.15) is 66.2 Å². The second-order valence-electron chi connectivity index (χ2n) is 10.1. The van der Waals surface area contributed by atoms with Gasteiger partial charge in [-0.05, 0) is 0 Å². The predicted octanol–water partition coefficient (Wildman–Crippen LogP) is 6.17. The monoisotopic (exact) mass is 498 g/mol. The molecule has 0 radical (unpaired) electrons. The molecule has 1 aliphatic carbocycles. The summed E-state index contributed by atoms with van der Waals surface area (Å²) in [6, 6.07) is 0. The van der Waals surface area contributed by atoms with Crippen LogP contribution in [-0.2, 0) is 14.2 Å². The van der Waals surface area contributed by atoms with E-state index in [1.165, 1.54) is 38.5 Å². The fourth-order valence-corrected chi connectivity index (χ4v) is 27.5. The van der Waals surface area contributed by atoms with E-state index >= 15 is 0 Å². The van der Waals surface area contributed by atoms with Gasteiger partial charge in [0.1, 0.15) is 0 Å². The van der Waals surface area contributed by atoms with Gasteiger partial charge in [0.15, 0.2) is 0 Å². The number of unbranched alkanes of at least 4 members (excludes halogenated alkanes) is 3. The molecule has 4 rings (SSSR count). The van der Waals surface area contributed by atoms with Crippen molar-refractivity contribution < 1.29 is 14.2 Å². The molecule has 3 nitrogen and oxygen atoms in total. The van der Waals surface area contributed by atoms with Gasteiger partial charge in [0.05, 0.1) is 0 Å². The minimum atomic E-state index is -2.54.